The molecule has 0 N–H and O–H groups in total. The van der Waals surface area contributed by atoms with Crippen molar-refractivity contribution >= 4 is 23.2 Å². The van der Waals surface area contributed by atoms with E-state index in [9.17, 15) is 9.59 Å². The average molecular weight is 388 g/mol. The molecule has 4 rings (SSSR count). The summed E-state index contributed by atoms with van der Waals surface area (Å²) in [6.07, 6.45) is 1.54. The zero-order valence-corrected chi connectivity index (χ0v) is 16.5. The Morgan fingerprint density at radius 2 is 1.66 bits per heavy atom. The molecule has 0 saturated heterocycles. The van der Waals surface area contributed by atoms with Crippen molar-refractivity contribution in [3.63, 3.8) is 0 Å². The normalized spacial score (nSPS) is 16.9. The molecule has 0 aromatic heterocycles. The predicted octanol–water partition coefficient (Wildman–Crippen LogP) is 5.01. The van der Waals surface area contributed by atoms with Gasteiger partial charge in [0.2, 0.25) is 0 Å². The minimum absolute atomic E-state index is 0.199. The molecule has 0 bridgehead atoms. The van der Waals surface area contributed by atoms with Crippen LogP contribution < -0.4 is 0 Å². The van der Waals surface area contributed by atoms with Crippen LogP contribution >= 0.6 is 0 Å². The molecule has 29 heavy (non-hydrogen) atoms. The zero-order chi connectivity index (χ0) is 20.3. The second-order valence-electron chi connectivity index (χ2n) is 7.39. The fourth-order valence-corrected chi connectivity index (χ4v) is 4.63. The SMILES string of the molecule is CCOC(=O)CCC1(CCOC=O)c2ccccc2-c2cc3ccccc3cc21. The minimum Gasteiger partial charge on any atom is -0.468 e. The monoisotopic (exact) mass is 388 g/mol. The first-order valence-corrected chi connectivity index (χ1v) is 10.0. The Morgan fingerprint density at radius 3 is 2.41 bits per heavy atom. The molecule has 0 heterocycles. The summed E-state index contributed by atoms with van der Waals surface area (Å²) in [7, 11) is 0. The molecule has 1 atom stereocenters. The quantitative estimate of drug-likeness (QED) is 0.309. The molecule has 4 heteroatoms. The Morgan fingerprint density at radius 1 is 0.931 bits per heavy atom. The van der Waals surface area contributed by atoms with Crippen molar-refractivity contribution in [1.82, 2.24) is 0 Å². The molecule has 0 saturated carbocycles. The first-order valence-electron chi connectivity index (χ1n) is 10.0. The van der Waals surface area contributed by atoms with Crippen LogP contribution in [0.15, 0.2) is 60.7 Å². The summed E-state index contributed by atoms with van der Waals surface area (Å²) in [5.74, 6) is -0.199. The van der Waals surface area contributed by atoms with Crippen molar-refractivity contribution in [3.05, 3.63) is 71.8 Å². The topological polar surface area (TPSA) is 52.6 Å². The summed E-state index contributed by atoms with van der Waals surface area (Å²) in [6, 6.07) is 21.1. The molecule has 3 aromatic rings. The number of hydrogen-bond acceptors (Lipinski definition) is 4. The van der Waals surface area contributed by atoms with Crippen molar-refractivity contribution in [3.8, 4) is 11.1 Å². The number of fused-ring (bicyclic) bond motifs is 4. The number of carbonyl (C=O) groups excluding carboxylic acids is 2. The van der Waals surface area contributed by atoms with Crippen LogP contribution in [-0.2, 0) is 24.5 Å². The third kappa shape index (κ3) is 3.39. The molecule has 148 valence electrons. The van der Waals surface area contributed by atoms with Crippen molar-refractivity contribution in [2.24, 2.45) is 0 Å². The van der Waals surface area contributed by atoms with E-state index in [4.69, 9.17) is 9.47 Å². The van der Waals surface area contributed by atoms with Gasteiger partial charge in [-0.1, -0.05) is 48.5 Å². The smallest absolute Gasteiger partial charge is 0.305 e. The van der Waals surface area contributed by atoms with Crippen molar-refractivity contribution in [1.29, 1.82) is 0 Å². The molecule has 0 spiro atoms. The molecule has 4 nitrogen and oxygen atoms in total. The average Bonchev–Trinajstić information content (AvgIpc) is 3.01. The number of carbonyl (C=O) groups is 2. The zero-order valence-electron chi connectivity index (χ0n) is 16.5. The summed E-state index contributed by atoms with van der Waals surface area (Å²) >= 11 is 0. The van der Waals surface area contributed by atoms with E-state index in [-0.39, 0.29) is 5.97 Å². The van der Waals surface area contributed by atoms with Gasteiger partial charge in [0.1, 0.15) is 0 Å². The van der Waals surface area contributed by atoms with Gasteiger partial charge in [0, 0.05) is 11.8 Å². The number of benzene rings is 3. The number of hydrogen-bond donors (Lipinski definition) is 0. The highest BCUT2D eigenvalue weighted by atomic mass is 16.5. The van der Waals surface area contributed by atoms with Crippen molar-refractivity contribution in [2.75, 3.05) is 13.2 Å². The maximum atomic E-state index is 12.2. The fourth-order valence-electron chi connectivity index (χ4n) is 4.63. The van der Waals surface area contributed by atoms with E-state index in [0.717, 1.165) is 5.39 Å². The van der Waals surface area contributed by atoms with Gasteiger partial charge in [-0.25, -0.2) is 0 Å². The third-order valence-electron chi connectivity index (χ3n) is 5.91. The van der Waals surface area contributed by atoms with Crippen LogP contribution in [0.4, 0.5) is 0 Å². The summed E-state index contributed by atoms with van der Waals surface area (Å²) in [5, 5.41) is 2.35. The van der Waals surface area contributed by atoms with E-state index in [1.165, 1.54) is 27.6 Å². The van der Waals surface area contributed by atoms with Gasteiger partial charge in [-0.2, -0.15) is 0 Å². The van der Waals surface area contributed by atoms with Crippen LogP contribution in [0.2, 0.25) is 0 Å². The molecule has 0 fully saturated rings. The standard InChI is InChI=1S/C25H24O4/c1-2-29-24(27)11-12-25(13-14-28-17-26)22-10-6-5-9-20(22)21-15-18-7-3-4-8-19(18)16-23(21)25/h3-10,15-17H,2,11-14H2,1H3. The largest absolute Gasteiger partial charge is 0.468 e. The Bertz CT molecular complexity index is 1060. The van der Waals surface area contributed by atoms with E-state index in [1.54, 1.807) is 0 Å². The van der Waals surface area contributed by atoms with Gasteiger partial charge in [0.05, 0.1) is 13.2 Å². The molecule has 0 radical (unpaired) electrons. The highest BCUT2D eigenvalue weighted by Crippen LogP contribution is 2.54. The lowest BCUT2D eigenvalue weighted by molar-refractivity contribution is -0.143. The van der Waals surface area contributed by atoms with Gasteiger partial charge in [0.25, 0.3) is 6.47 Å². The van der Waals surface area contributed by atoms with Crippen LogP contribution in [0.1, 0.15) is 37.3 Å². The van der Waals surface area contributed by atoms with Gasteiger partial charge >= 0.3 is 5.97 Å². The lowest BCUT2D eigenvalue weighted by Gasteiger charge is -2.32. The molecule has 1 aliphatic carbocycles. The summed E-state index contributed by atoms with van der Waals surface area (Å²) in [6.45, 7) is 2.98. The molecule has 3 aromatic carbocycles. The summed E-state index contributed by atoms with van der Waals surface area (Å²) in [4.78, 5) is 23.0. The van der Waals surface area contributed by atoms with Crippen LogP contribution in [0, 0.1) is 0 Å². The maximum Gasteiger partial charge on any atom is 0.305 e. The van der Waals surface area contributed by atoms with E-state index in [2.05, 4.69) is 36.4 Å². The van der Waals surface area contributed by atoms with E-state index >= 15 is 0 Å². The van der Waals surface area contributed by atoms with Crippen molar-refractivity contribution < 1.29 is 19.1 Å². The van der Waals surface area contributed by atoms with Gasteiger partial charge in [-0.3, -0.25) is 9.59 Å². The first kappa shape index (κ1) is 19.2. The predicted molar refractivity (Wildman–Crippen MR) is 113 cm³/mol. The molecule has 0 amide bonds. The second-order valence-corrected chi connectivity index (χ2v) is 7.39. The Balaban J connectivity index is 1.87. The Kier molecular flexibility index (Phi) is 5.34. The van der Waals surface area contributed by atoms with E-state index in [0.29, 0.717) is 38.9 Å². The number of esters is 1. The summed E-state index contributed by atoms with van der Waals surface area (Å²) in [5.41, 5.74) is 4.35. The molecule has 0 aliphatic heterocycles. The fraction of sp³-hybridized carbons (Fsp3) is 0.280. The van der Waals surface area contributed by atoms with Gasteiger partial charge in [0.15, 0.2) is 0 Å². The lowest BCUT2D eigenvalue weighted by atomic mass is 9.72. The third-order valence-corrected chi connectivity index (χ3v) is 5.91. The van der Waals surface area contributed by atoms with Gasteiger partial charge in [-0.05, 0) is 64.9 Å². The van der Waals surface area contributed by atoms with Crippen LogP contribution in [0.3, 0.4) is 0 Å². The summed E-state index contributed by atoms with van der Waals surface area (Å²) < 4.78 is 10.3. The molecular weight excluding hydrogens is 364 g/mol. The molecule has 1 unspecified atom stereocenters. The van der Waals surface area contributed by atoms with Crippen LogP contribution in [0.5, 0.6) is 0 Å². The molecule has 1 aliphatic rings. The highest BCUT2D eigenvalue weighted by Gasteiger charge is 2.43. The van der Waals surface area contributed by atoms with E-state index < -0.39 is 5.41 Å². The van der Waals surface area contributed by atoms with Gasteiger partial charge < -0.3 is 9.47 Å². The number of ether oxygens (including phenoxy) is 2. The minimum atomic E-state index is -0.397. The lowest BCUT2D eigenvalue weighted by Crippen LogP contribution is -2.28. The van der Waals surface area contributed by atoms with Crippen LogP contribution in [-0.4, -0.2) is 25.7 Å². The van der Waals surface area contributed by atoms with Crippen LogP contribution in [0.25, 0.3) is 21.9 Å². The molecular formula is C25H24O4. The first-order chi connectivity index (χ1) is 14.2. The van der Waals surface area contributed by atoms with Crippen molar-refractivity contribution in [2.45, 2.75) is 31.6 Å². The highest BCUT2D eigenvalue weighted by molar-refractivity contribution is 5.93. The van der Waals surface area contributed by atoms with E-state index in [1.807, 2.05) is 31.2 Å². The Hall–Kier alpha value is -3.14. The maximum absolute atomic E-state index is 12.2. The number of rotatable bonds is 8. The second kappa shape index (κ2) is 8.08. The van der Waals surface area contributed by atoms with Gasteiger partial charge in [-0.15, -0.1) is 0 Å². The Labute approximate surface area is 170 Å².